The highest BCUT2D eigenvalue weighted by atomic mass is 32.2. The molecular formula is C23H21FN2O6S. The third-order valence-electron chi connectivity index (χ3n) is 4.89. The Hall–Kier alpha value is -3.79. The summed E-state index contributed by atoms with van der Waals surface area (Å²) >= 11 is 0. The molecular weight excluding hydrogens is 451 g/mol. The lowest BCUT2D eigenvalue weighted by molar-refractivity contribution is 0.0951. The number of anilines is 1. The topological polar surface area (TPSA) is 103 Å². The molecule has 1 aliphatic heterocycles. The average Bonchev–Trinajstić information content (AvgIpc) is 2.82. The van der Waals surface area contributed by atoms with E-state index in [1.54, 1.807) is 12.1 Å². The summed E-state index contributed by atoms with van der Waals surface area (Å²) in [7, 11) is -2.49. The number of hydrogen-bond acceptors (Lipinski definition) is 6. The van der Waals surface area contributed by atoms with Crippen molar-refractivity contribution in [1.82, 2.24) is 5.32 Å². The third-order valence-corrected chi connectivity index (χ3v) is 6.27. The Morgan fingerprint density at radius 3 is 2.42 bits per heavy atom. The molecule has 0 fully saturated rings. The second kappa shape index (κ2) is 9.37. The monoisotopic (exact) mass is 472 g/mol. The number of methoxy groups -OCH3 is 1. The normalized spacial score (nSPS) is 12.7. The van der Waals surface area contributed by atoms with E-state index in [9.17, 15) is 17.6 Å². The maximum atomic E-state index is 13.8. The molecule has 0 unspecified atom stereocenters. The predicted molar refractivity (Wildman–Crippen MR) is 119 cm³/mol. The standard InChI is InChI=1S/C23H21FN2O6S/c1-30-20-8-2-15(12-19(20)24)14-25-23(27)16-3-5-17(6-4-16)26-33(28,29)18-7-9-21-22(13-18)32-11-10-31-21/h2-9,12-13,26H,10-11,14H2,1H3,(H,25,27). The van der Waals surface area contributed by atoms with Gasteiger partial charge in [-0.25, -0.2) is 12.8 Å². The van der Waals surface area contributed by atoms with Gasteiger partial charge >= 0.3 is 0 Å². The number of halogens is 1. The lowest BCUT2D eigenvalue weighted by atomic mass is 10.1. The highest BCUT2D eigenvalue weighted by Gasteiger charge is 2.19. The summed E-state index contributed by atoms with van der Waals surface area (Å²) in [6.07, 6.45) is 0. The van der Waals surface area contributed by atoms with Gasteiger partial charge < -0.3 is 19.5 Å². The molecule has 4 rings (SSSR count). The Labute approximate surface area is 190 Å². The van der Waals surface area contributed by atoms with Crippen LogP contribution in [0.3, 0.4) is 0 Å². The van der Waals surface area contributed by atoms with Gasteiger partial charge in [0.2, 0.25) is 0 Å². The number of carbonyl (C=O) groups is 1. The number of sulfonamides is 1. The van der Waals surface area contributed by atoms with Gasteiger partial charge in [-0.15, -0.1) is 0 Å². The fraction of sp³-hybridized carbons (Fsp3) is 0.174. The van der Waals surface area contributed by atoms with Crippen LogP contribution in [-0.4, -0.2) is 34.6 Å². The Kier molecular flexibility index (Phi) is 6.36. The van der Waals surface area contributed by atoms with E-state index >= 15 is 0 Å². The molecule has 0 aromatic heterocycles. The molecule has 3 aromatic rings. The fourth-order valence-electron chi connectivity index (χ4n) is 3.20. The van der Waals surface area contributed by atoms with Crippen molar-refractivity contribution >= 4 is 21.6 Å². The minimum atomic E-state index is -3.87. The van der Waals surface area contributed by atoms with Crippen molar-refractivity contribution in [3.05, 3.63) is 77.6 Å². The Morgan fingerprint density at radius 2 is 1.73 bits per heavy atom. The maximum absolute atomic E-state index is 13.8. The van der Waals surface area contributed by atoms with Crippen LogP contribution < -0.4 is 24.2 Å². The molecule has 2 N–H and O–H groups in total. The van der Waals surface area contributed by atoms with E-state index in [1.165, 1.54) is 55.6 Å². The molecule has 0 radical (unpaired) electrons. The Balaban J connectivity index is 1.39. The van der Waals surface area contributed by atoms with Crippen LogP contribution in [0.25, 0.3) is 0 Å². The molecule has 0 atom stereocenters. The molecule has 172 valence electrons. The zero-order valence-corrected chi connectivity index (χ0v) is 18.4. The van der Waals surface area contributed by atoms with E-state index in [0.717, 1.165) is 0 Å². The molecule has 1 aliphatic rings. The summed E-state index contributed by atoms with van der Waals surface area (Å²) in [6.45, 7) is 0.882. The quantitative estimate of drug-likeness (QED) is 0.547. The van der Waals surface area contributed by atoms with E-state index in [0.29, 0.717) is 41.5 Å². The zero-order valence-electron chi connectivity index (χ0n) is 17.6. The molecule has 3 aromatic carbocycles. The molecule has 0 bridgehead atoms. The summed E-state index contributed by atoms with van der Waals surface area (Å²) in [6, 6.07) is 14.8. The second-order valence-corrected chi connectivity index (χ2v) is 8.82. The van der Waals surface area contributed by atoms with E-state index < -0.39 is 15.8 Å². The van der Waals surface area contributed by atoms with Crippen molar-refractivity contribution < 1.29 is 31.8 Å². The molecule has 0 spiro atoms. The zero-order chi connectivity index (χ0) is 23.4. The number of hydrogen-bond donors (Lipinski definition) is 2. The summed E-state index contributed by atoms with van der Waals surface area (Å²) in [4.78, 5) is 12.4. The van der Waals surface area contributed by atoms with E-state index in [-0.39, 0.29) is 23.1 Å². The van der Waals surface area contributed by atoms with Gasteiger partial charge in [0.15, 0.2) is 23.1 Å². The van der Waals surface area contributed by atoms with Gasteiger partial charge in [0.25, 0.3) is 15.9 Å². The van der Waals surface area contributed by atoms with Crippen LogP contribution in [-0.2, 0) is 16.6 Å². The Morgan fingerprint density at radius 1 is 1.00 bits per heavy atom. The first-order valence-electron chi connectivity index (χ1n) is 9.99. The van der Waals surface area contributed by atoms with E-state index in [4.69, 9.17) is 14.2 Å². The number of rotatable bonds is 7. The third kappa shape index (κ3) is 5.17. The highest BCUT2D eigenvalue weighted by molar-refractivity contribution is 7.92. The van der Waals surface area contributed by atoms with Crippen molar-refractivity contribution in [2.45, 2.75) is 11.4 Å². The van der Waals surface area contributed by atoms with Crippen LogP contribution in [0, 0.1) is 5.82 Å². The van der Waals surface area contributed by atoms with E-state index in [1.807, 2.05) is 0 Å². The smallest absolute Gasteiger partial charge is 0.262 e. The average molecular weight is 472 g/mol. The number of fused-ring (bicyclic) bond motifs is 1. The molecule has 1 heterocycles. The number of amides is 1. The van der Waals surface area contributed by atoms with Crippen molar-refractivity contribution in [2.75, 3.05) is 25.0 Å². The van der Waals surface area contributed by atoms with Gasteiger partial charge in [0.05, 0.1) is 12.0 Å². The summed E-state index contributed by atoms with van der Waals surface area (Å²) < 4.78 is 57.4. The molecule has 0 aliphatic carbocycles. The van der Waals surface area contributed by atoms with Gasteiger partial charge in [-0.3, -0.25) is 9.52 Å². The van der Waals surface area contributed by atoms with Gasteiger partial charge in [-0.1, -0.05) is 6.07 Å². The number of benzene rings is 3. The predicted octanol–water partition coefficient (Wildman–Crippen LogP) is 3.34. The lowest BCUT2D eigenvalue weighted by Crippen LogP contribution is -2.23. The maximum Gasteiger partial charge on any atom is 0.262 e. The van der Waals surface area contributed by atoms with Crippen molar-refractivity contribution in [1.29, 1.82) is 0 Å². The molecule has 8 nitrogen and oxygen atoms in total. The summed E-state index contributed by atoms with van der Waals surface area (Å²) in [5.74, 6) is 0.0894. The summed E-state index contributed by atoms with van der Waals surface area (Å²) in [5, 5.41) is 2.69. The minimum absolute atomic E-state index is 0.0280. The first kappa shape index (κ1) is 22.4. The van der Waals surface area contributed by atoms with Crippen LogP contribution in [0.2, 0.25) is 0 Å². The lowest BCUT2D eigenvalue weighted by Gasteiger charge is -2.19. The van der Waals surface area contributed by atoms with Gasteiger partial charge in [0, 0.05) is 23.9 Å². The van der Waals surface area contributed by atoms with Gasteiger partial charge in [-0.05, 0) is 54.1 Å². The molecule has 33 heavy (non-hydrogen) atoms. The first-order chi connectivity index (χ1) is 15.9. The van der Waals surface area contributed by atoms with Crippen LogP contribution >= 0.6 is 0 Å². The molecule has 0 saturated carbocycles. The fourth-order valence-corrected chi connectivity index (χ4v) is 4.27. The van der Waals surface area contributed by atoms with Crippen LogP contribution in [0.1, 0.15) is 15.9 Å². The SMILES string of the molecule is COc1ccc(CNC(=O)c2ccc(NS(=O)(=O)c3ccc4c(c3)OCCO4)cc2)cc1F. The highest BCUT2D eigenvalue weighted by Crippen LogP contribution is 2.32. The molecule has 1 amide bonds. The second-order valence-electron chi connectivity index (χ2n) is 7.14. The molecule has 10 heteroatoms. The number of carbonyl (C=O) groups excluding carboxylic acids is 1. The Bertz CT molecular complexity index is 1280. The largest absolute Gasteiger partial charge is 0.494 e. The summed E-state index contributed by atoms with van der Waals surface area (Å²) in [5.41, 5.74) is 1.19. The van der Waals surface area contributed by atoms with Crippen LogP contribution in [0.4, 0.5) is 10.1 Å². The minimum Gasteiger partial charge on any atom is -0.494 e. The van der Waals surface area contributed by atoms with Crippen LogP contribution in [0.5, 0.6) is 17.2 Å². The van der Waals surface area contributed by atoms with E-state index in [2.05, 4.69) is 10.0 Å². The number of ether oxygens (including phenoxy) is 3. The van der Waals surface area contributed by atoms with Crippen molar-refractivity contribution in [3.63, 3.8) is 0 Å². The van der Waals surface area contributed by atoms with Crippen molar-refractivity contribution in [3.8, 4) is 17.2 Å². The van der Waals surface area contributed by atoms with Gasteiger partial charge in [0.1, 0.15) is 13.2 Å². The van der Waals surface area contributed by atoms with Crippen molar-refractivity contribution in [2.24, 2.45) is 0 Å². The van der Waals surface area contributed by atoms with Crippen LogP contribution in [0.15, 0.2) is 65.6 Å². The number of nitrogens with one attached hydrogen (secondary N) is 2. The van der Waals surface area contributed by atoms with Gasteiger partial charge in [-0.2, -0.15) is 0 Å². The first-order valence-corrected chi connectivity index (χ1v) is 11.5. The molecule has 0 saturated heterocycles.